The maximum Gasteiger partial charge on any atom is 0.258 e. The van der Waals surface area contributed by atoms with Gasteiger partial charge in [0.1, 0.15) is 0 Å². The standard InChI is InChI=1S/C22H29ClN2O3.ClH/c1-22(2,3)25-20(26)15-28-21-18(23)12-17(13-19(21)27-4)14-24-11-10-16-8-6-5-7-9-16;/h5-9,12-13,24H,10-11,14-15H2,1-4H3,(H,25,26);1H. The van der Waals surface area contributed by atoms with Crippen LogP contribution in [0.25, 0.3) is 0 Å². The molecule has 0 fully saturated rings. The van der Waals surface area contributed by atoms with Crippen LogP contribution in [0.5, 0.6) is 11.5 Å². The second-order valence-electron chi connectivity index (χ2n) is 7.61. The van der Waals surface area contributed by atoms with Crippen molar-refractivity contribution in [3.05, 3.63) is 58.6 Å². The maximum atomic E-state index is 12.0. The van der Waals surface area contributed by atoms with Crippen molar-refractivity contribution in [3.8, 4) is 11.5 Å². The molecule has 0 aliphatic heterocycles. The van der Waals surface area contributed by atoms with Gasteiger partial charge in [0.25, 0.3) is 5.91 Å². The zero-order chi connectivity index (χ0) is 20.6. The normalized spacial score (nSPS) is 10.8. The number of methoxy groups -OCH3 is 1. The fourth-order valence-corrected chi connectivity index (χ4v) is 3.01. The van der Waals surface area contributed by atoms with E-state index in [-0.39, 0.29) is 30.5 Å². The van der Waals surface area contributed by atoms with Crippen LogP contribution in [-0.2, 0) is 17.8 Å². The predicted molar refractivity (Wildman–Crippen MR) is 120 cm³/mol. The van der Waals surface area contributed by atoms with E-state index in [1.165, 1.54) is 5.56 Å². The van der Waals surface area contributed by atoms with E-state index in [1.54, 1.807) is 7.11 Å². The number of amides is 1. The van der Waals surface area contributed by atoms with Gasteiger partial charge in [-0.1, -0.05) is 41.9 Å². The summed E-state index contributed by atoms with van der Waals surface area (Å²) >= 11 is 6.37. The summed E-state index contributed by atoms with van der Waals surface area (Å²) in [6.45, 7) is 7.14. The lowest BCUT2D eigenvalue weighted by atomic mass is 10.1. The van der Waals surface area contributed by atoms with E-state index in [1.807, 2.05) is 51.1 Å². The van der Waals surface area contributed by atoms with Gasteiger partial charge in [-0.15, -0.1) is 12.4 Å². The number of nitrogens with one attached hydrogen (secondary N) is 2. The molecule has 0 aliphatic carbocycles. The van der Waals surface area contributed by atoms with Crippen LogP contribution < -0.4 is 20.1 Å². The molecule has 160 valence electrons. The monoisotopic (exact) mass is 440 g/mol. The second kappa shape index (κ2) is 11.9. The zero-order valence-corrected chi connectivity index (χ0v) is 19.0. The molecule has 0 spiro atoms. The number of carbonyl (C=O) groups excluding carboxylic acids is 1. The van der Waals surface area contributed by atoms with Gasteiger partial charge in [-0.3, -0.25) is 4.79 Å². The summed E-state index contributed by atoms with van der Waals surface area (Å²) in [5.41, 5.74) is 1.97. The third-order valence-electron chi connectivity index (χ3n) is 3.91. The topological polar surface area (TPSA) is 59.6 Å². The number of benzene rings is 2. The smallest absolute Gasteiger partial charge is 0.258 e. The minimum Gasteiger partial charge on any atom is -0.493 e. The second-order valence-corrected chi connectivity index (χ2v) is 8.02. The third-order valence-corrected chi connectivity index (χ3v) is 4.19. The zero-order valence-electron chi connectivity index (χ0n) is 17.4. The Labute approximate surface area is 184 Å². The lowest BCUT2D eigenvalue weighted by Crippen LogP contribution is -2.43. The van der Waals surface area contributed by atoms with Crippen LogP contribution in [0, 0.1) is 0 Å². The van der Waals surface area contributed by atoms with Gasteiger partial charge < -0.3 is 20.1 Å². The van der Waals surface area contributed by atoms with Gasteiger partial charge in [-0.25, -0.2) is 0 Å². The van der Waals surface area contributed by atoms with Gasteiger partial charge in [0.15, 0.2) is 18.1 Å². The van der Waals surface area contributed by atoms with Crippen LogP contribution in [0.4, 0.5) is 0 Å². The highest BCUT2D eigenvalue weighted by atomic mass is 35.5. The highest BCUT2D eigenvalue weighted by Crippen LogP contribution is 2.36. The fraction of sp³-hybridized carbons (Fsp3) is 0.409. The molecule has 0 bridgehead atoms. The number of carbonyl (C=O) groups is 1. The van der Waals surface area contributed by atoms with Gasteiger partial charge in [0, 0.05) is 12.1 Å². The van der Waals surface area contributed by atoms with E-state index in [0.29, 0.717) is 23.1 Å². The lowest BCUT2D eigenvalue weighted by Gasteiger charge is -2.21. The summed E-state index contributed by atoms with van der Waals surface area (Å²) < 4.78 is 11.0. The Morgan fingerprint density at radius 2 is 1.79 bits per heavy atom. The third kappa shape index (κ3) is 8.94. The Balaban J connectivity index is 0.00000420. The van der Waals surface area contributed by atoms with E-state index in [4.69, 9.17) is 21.1 Å². The van der Waals surface area contributed by atoms with Crippen molar-refractivity contribution >= 4 is 29.9 Å². The molecule has 7 heteroatoms. The fourth-order valence-electron chi connectivity index (χ4n) is 2.72. The molecule has 0 aromatic heterocycles. The molecule has 0 heterocycles. The minimum absolute atomic E-state index is 0. The summed E-state index contributed by atoms with van der Waals surface area (Å²) in [4.78, 5) is 12.0. The molecular formula is C22H30Cl2N2O3. The molecule has 0 saturated carbocycles. The highest BCUT2D eigenvalue weighted by Gasteiger charge is 2.17. The van der Waals surface area contributed by atoms with Gasteiger partial charge in [-0.05, 0) is 57.0 Å². The van der Waals surface area contributed by atoms with Crippen LogP contribution >= 0.6 is 24.0 Å². The van der Waals surface area contributed by atoms with E-state index >= 15 is 0 Å². The summed E-state index contributed by atoms with van der Waals surface area (Å²) in [5, 5.41) is 6.67. The number of hydrogen-bond donors (Lipinski definition) is 2. The maximum absolute atomic E-state index is 12.0. The SMILES string of the molecule is COc1cc(CNCCc2ccccc2)cc(Cl)c1OCC(=O)NC(C)(C)C.Cl. The number of halogens is 2. The average Bonchev–Trinajstić information content (AvgIpc) is 2.63. The molecule has 0 saturated heterocycles. The molecule has 0 aliphatic rings. The molecular weight excluding hydrogens is 411 g/mol. The van der Waals surface area contributed by atoms with E-state index in [9.17, 15) is 4.79 Å². The largest absolute Gasteiger partial charge is 0.493 e. The first kappa shape index (κ1) is 25.1. The molecule has 2 rings (SSSR count). The quantitative estimate of drug-likeness (QED) is 0.567. The minimum atomic E-state index is -0.316. The van der Waals surface area contributed by atoms with Crippen molar-refractivity contribution in [2.24, 2.45) is 0 Å². The Morgan fingerprint density at radius 1 is 1.10 bits per heavy atom. The first-order chi connectivity index (χ1) is 13.3. The van der Waals surface area contributed by atoms with Gasteiger partial charge in [0.05, 0.1) is 12.1 Å². The van der Waals surface area contributed by atoms with E-state index in [0.717, 1.165) is 18.5 Å². The van der Waals surface area contributed by atoms with Crippen molar-refractivity contribution in [2.45, 2.75) is 39.3 Å². The lowest BCUT2D eigenvalue weighted by molar-refractivity contribution is -0.124. The Bertz CT molecular complexity index is 778. The Hall–Kier alpha value is -1.95. The number of ether oxygens (including phenoxy) is 2. The summed E-state index contributed by atoms with van der Waals surface area (Å²) in [5.74, 6) is 0.675. The molecule has 2 aromatic carbocycles. The summed E-state index contributed by atoms with van der Waals surface area (Å²) in [7, 11) is 1.56. The molecule has 5 nitrogen and oxygen atoms in total. The molecule has 29 heavy (non-hydrogen) atoms. The van der Waals surface area contributed by atoms with E-state index < -0.39 is 0 Å². The van der Waals surface area contributed by atoms with Crippen LogP contribution in [0.15, 0.2) is 42.5 Å². The molecule has 0 atom stereocenters. The van der Waals surface area contributed by atoms with Gasteiger partial charge >= 0.3 is 0 Å². The number of rotatable bonds is 9. The average molecular weight is 441 g/mol. The molecule has 2 N–H and O–H groups in total. The predicted octanol–water partition coefficient (Wildman–Crippen LogP) is 4.40. The molecule has 0 unspecified atom stereocenters. The first-order valence-electron chi connectivity index (χ1n) is 9.33. The van der Waals surface area contributed by atoms with Crippen molar-refractivity contribution < 1.29 is 14.3 Å². The first-order valence-corrected chi connectivity index (χ1v) is 9.71. The summed E-state index contributed by atoms with van der Waals surface area (Å²) in [6.07, 6.45) is 0.954. The van der Waals surface area contributed by atoms with Gasteiger partial charge in [-0.2, -0.15) is 0 Å². The Morgan fingerprint density at radius 3 is 2.41 bits per heavy atom. The van der Waals surface area contributed by atoms with Crippen molar-refractivity contribution in [1.29, 1.82) is 0 Å². The number of hydrogen-bond acceptors (Lipinski definition) is 4. The molecule has 1 amide bonds. The Kier molecular flexibility index (Phi) is 10.3. The van der Waals surface area contributed by atoms with Gasteiger partial charge in [0.2, 0.25) is 0 Å². The van der Waals surface area contributed by atoms with Crippen LogP contribution in [0.3, 0.4) is 0 Å². The van der Waals surface area contributed by atoms with Crippen molar-refractivity contribution in [1.82, 2.24) is 10.6 Å². The highest BCUT2D eigenvalue weighted by molar-refractivity contribution is 6.32. The van der Waals surface area contributed by atoms with Crippen molar-refractivity contribution in [3.63, 3.8) is 0 Å². The summed E-state index contributed by atoms with van der Waals surface area (Å²) in [6, 6.07) is 14.0. The van der Waals surface area contributed by atoms with E-state index in [2.05, 4.69) is 22.8 Å². The van der Waals surface area contributed by atoms with Crippen LogP contribution in [-0.4, -0.2) is 31.7 Å². The van der Waals surface area contributed by atoms with Crippen molar-refractivity contribution in [2.75, 3.05) is 20.3 Å². The molecule has 0 radical (unpaired) electrons. The molecule has 2 aromatic rings. The van der Waals surface area contributed by atoms with Crippen LogP contribution in [0.1, 0.15) is 31.9 Å². The van der Waals surface area contributed by atoms with Crippen LogP contribution in [0.2, 0.25) is 5.02 Å².